The lowest BCUT2D eigenvalue weighted by atomic mass is 9.93. The minimum absolute atomic E-state index is 0.109. The van der Waals surface area contributed by atoms with Gasteiger partial charge in [-0.2, -0.15) is 0 Å². The standard InChI is InChI=1S/C19H23NO3/c21-13-17-11-20(12-18(22)19(17)23)10-14-6-8-16(9-7-14)15-4-2-1-3-5-15/h1-9,17-19,21-23H,10-13H2/t17?,18-,19-/m1/s1. The fraction of sp³-hybridized carbons (Fsp3) is 0.368. The lowest BCUT2D eigenvalue weighted by Crippen LogP contribution is -2.53. The maximum absolute atomic E-state index is 9.92. The summed E-state index contributed by atoms with van der Waals surface area (Å²) in [5.41, 5.74) is 3.53. The molecule has 3 atom stereocenters. The summed E-state index contributed by atoms with van der Waals surface area (Å²) >= 11 is 0. The Labute approximate surface area is 136 Å². The van der Waals surface area contributed by atoms with E-state index in [1.54, 1.807) is 0 Å². The van der Waals surface area contributed by atoms with Gasteiger partial charge in [-0.3, -0.25) is 4.90 Å². The van der Waals surface area contributed by atoms with E-state index in [-0.39, 0.29) is 12.5 Å². The van der Waals surface area contributed by atoms with Gasteiger partial charge in [0.25, 0.3) is 0 Å². The maximum atomic E-state index is 9.92. The van der Waals surface area contributed by atoms with Crippen molar-refractivity contribution in [1.29, 1.82) is 0 Å². The van der Waals surface area contributed by atoms with Crippen LogP contribution in [0.2, 0.25) is 0 Å². The predicted molar refractivity (Wildman–Crippen MR) is 89.7 cm³/mol. The van der Waals surface area contributed by atoms with Gasteiger partial charge in [0.05, 0.1) is 12.2 Å². The molecule has 1 heterocycles. The average molecular weight is 313 g/mol. The molecule has 4 nitrogen and oxygen atoms in total. The zero-order valence-corrected chi connectivity index (χ0v) is 13.0. The topological polar surface area (TPSA) is 63.9 Å². The van der Waals surface area contributed by atoms with E-state index < -0.39 is 12.2 Å². The SMILES string of the molecule is OCC1CN(Cc2ccc(-c3ccccc3)cc2)C[C@@H](O)[C@@H]1O. The number of β-amino-alcohol motifs (C(OH)–C–C–N with tert-alkyl or cyclic N) is 1. The van der Waals surface area contributed by atoms with Crippen molar-refractivity contribution in [1.82, 2.24) is 4.90 Å². The first kappa shape index (κ1) is 16.1. The fourth-order valence-electron chi connectivity index (χ4n) is 3.19. The Bertz CT molecular complexity index is 614. The van der Waals surface area contributed by atoms with Crippen LogP contribution in [-0.2, 0) is 6.54 Å². The molecular weight excluding hydrogens is 290 g/mol. The number of piperidine rings is 1. The van der Waals surface area contributed by atoms with Crippen LogP contribution in [0.5, 0.6) is 0 Å². The average Bonchev–Trinajstić information content (AvgIpc) is 2.59. The summed E-state index contributed by atoms with van der Waals surface area (Å²) in [4.78, 5) is 2.08. The second-order valence-electron chi connectivity index (χ2n) is 6.26. The number of aliphatic hydroxyl groups is 3. The first-order valence-electron chi connectivity index (χ1n) is 8.01. The molecule has 1 aliphatic rings. The highest BCUT2D eigenvalue weighted by Crippen LogP contribution is 2.22. The zero-order valence-electron chi connectivity index (χ0n) is 13.0. The van der Waals surface area contributed by atoms with Crippen molar-refractivity contribution in [3.8, 4) is 11.1 Å². The Morgan fingerprint density at radius 3 is 2.17 bits per heavy atom. The van der Waals surface area contributed by atoms with E-state index in [1.807, 2.05) is 18.2 Å². The highest BCUT2D eigenvalue weighted by atomic mass is 16.3. The highest BCUT2D eigenvalue weighted by Gasteiger charge is 2.33. The summed E-state index contributed by atoms with van der Waals surface area (Å²) in [5.74, 6) is -0.289. The van der Waals surface area contributed by atoms with E-state index >= 15 is 0 Å². The Balaban J connectivity index is 1.67. The molecule has 0 aromatic heterocycles. The van der Waals surface area contributed by atoms with Gasteiger partial charge in [0.15, 0.2) is 0 Å². The number of benzene rings is 2. The first-order chi connectivity index (χ1) is 11.2. The van der Waals surface area contributed by atoms with Gasteiger partial charge >= 0.3 is 0 Å². The molecule has 0 saturated carbocycles. The molecule has 1 aliphatic heterocycles. The molecule has 1 unspecified atom stereocenters. The second-order valence-corrected chi connectivity index (χ2v) is 6.26. The second kappa shape index (κ2) is 7.23. The van der Waals surface area contributed by atoms with Gasteiger partial charge < -0.3 is 15.3 Å². The van der Waals surface area contributed by atoms with Crippen LogP contribution in [0.4, 0.5) is 0 Å². The quantitative estimate of drug-likeness (QED) is 0.800. The molecule has 0 amide bonds. The molecule has 0 aliphatic carbocycles. The van der Waals surface area contributed by atoms with Gasteiger partial charge in [-0.1, -0.05) is 54.6 Å². The van der Waals surface area contributed by atoms with E-state index in [0.717, 1.165) is 5.56 Å². The number of rotatable bonds is 4. The van der Waals surface area contributed by atoms with E-state index in [9.17, 15) is 15.3 Å². The number of nitrogens with zero attached hydrogens (tertiary/aromatic N) is 1. The minimum Gasteiger partial charge on any atom is -0.396 e. The predicted octanol–water partition coefficient (Wildman–Crippen LogP) is 1.50. The van der Waals surface area contributed by atoms with Crippen LogP contribution in [0.25, 0.3) is 11.1 Å². The van der Waals surface area contributed by atoms with Gasteiger partial charge in [0.1, 0.15) is 0 Å². The van der Waals surface area contributed by atoms with Crippen molar-refractivity contribution in [2.45, 2.75) is 18.8 Å². The molecule has 2 aromatic rings. The number of hydrogen-bond donors (Lipinski definition) is 3. The van der Waals surface area contributed by atoms with Crippen molar-refractivity contribution in [2.24, 2.45) is 5.92 Å². The van der Waals surface area contributed by atoms with Crippen LogP contribution in [0.15, 0.2) is 54.6 Å². The van der Waals surface area contributed by atoms with E-state index in [2.05, 4.69) is 41.3 Å². The molecule has 1 fully saturated rings. The Morgan fingerprint density at radius 1 is 0.870 bits per heavy atom. The molecule has 0 spiro atoms. The Hall–Kier alpha value is -1.72. The third-order valence-electron chi connectivity index (χ3n) is 4.52. The van der Waals surface area contributed by atoms with Crippen LogP contribution in [-0.4, -0.2) is 52.1 Å². The summed E-state index contributed by atoms with van der Waals surface area (Å²) in [6, 6.07) is 18.6. The summed E-state index contributed by atoms with van der Waals surface area (Å²) in [6.45, 7) is 1.62. The molecule has 3 rings (SSSR count). The number of hydrogen-bond acceptors (Lipinski definition) is 4. The molecule has 2 aromatic carbocycles. The lowest BCUT2D eigenvalue weighted by molar-refractivity contribution is -0.0879. The molecule has 4 heteroatoms. The van der Waals surface area contributed by atoms with Gasteiger partial charge in [0, 0.05) is 32.2 Å². The lowest BCUT2D eigenvalue weighted by Gasteiger charge is -2.38. The van der Waals surface area contributed by atoms with E-state index in [4.69, 9.17) is 0 Å². The highest BCUT2D eigenvalue weighted by molar-refractivity contribution is 5.63. The van der Waals surface area contributed by atoms with E-state index in [0.29, 0.717) is 19.6 Å². The maximum Gasteiger partial charge on any atom is 0.0929 e. The van der Waals surface area contributed by atoms with Gasteiger partial charge in [0.2, 0.25) is 0 Å². The molecule has 23 heavy (non-hydrogen) atoms. The van der Waals surface area contributed by atoms with Crippen molar-refractivity contribution >= 4 is 0 Å². The van der Waals surface area contributed by atoms with Crippen LogP contribution in [0.1, 0.15) is 5.56 Å². The smallest absolute Gasteiger partial charge is 0.0929 e. The monoisotopic (exact) mass is 313 g/mol. The molecule has 3 N–H and O–H groups in total. The largest absolute Gasteiger partial charge is 0.396 e. The van der Waals surface area contributed by atoms with Crippen LogP contribution < -0.4 is 0 Å². The van der Waals surface area contributed by atoms with Crippen LogP contribution >= 0.6 is 0 Å². The Morgan fingerprint density at radius 2 is 1.52 bits per heavy atom. The van der Waals surface area contributed by atoms with Crippen molar-refractivity contribution < 1.29 is 15.3 Å². The third-order valence-corrected chi connectivity index (χ3v) is 4.52. The van der Waals surface area contributed by atoms with Crippen molar-refractivity contribution in [2.75, 3.05) is 19.7 Å². The molecule has 122 valence electrons. The summed E-state index contributed by atoms with van der Waals surface area (Å²) < 4.78 is 0. The Kier molecular flexibility index (Phi) is 5.08. The van der Waals surface area contributed by atoms with Gasteiger partial charge in [-0.15, -0.1) is 0 Å². The summed E-state index contributed by atoms with van der Waals surface area (Å²) in [5, 5.41) is 29.1. The molecule has 1 saturated heterocycles. The minimum atomic E-state index is -0.836. The van der Waals surface area contributed by atoms with Crippen molar-refractivity contribution in [3.05, 3.63) is 60.2 Å². The summed E-state index contributed by atoms with van der Waals surface area (Å²) in [6.07, 6.45) is -1.64. The fourth-order valence-corrected chi connectivity index (χ4v) is 3.19. The number of likely N-dealkylation sites (tertiary alicyclic amines) is 1. The van der Waals surface area contributed by atoms with Gasteiger partial charge in [-0.05, 0) is 16.7 Å². The van der Waals surface area contributed by atoms with E-state index in [1.165, 1.54) is 11.1 Å². The van der Waals surface area contributed by atoms with Crippen molar-refractivity contribution in [3.63, 3.8) is 0 Å². The first-order valence-corrected chi connectivity index (χ1v) is 8.01. The normalized spacial score (nSPS) is 25.4. The summed E-state index contributed by atoms with van der Waals surface area (Å²) in [7, 11) is 0. The van der Waals surface area contributed by atoms with Crippen LogP contribution in [0, 0.1) is 5.92 Å². The van der Waals surface area contributed by atoms with Gasteiger partial charge in [-0.25, -0.2) is 0 Å². The molecule has 0 bridgehead atoms. The number of aliphatic hydroxyl groups excluding tert-OH is 3. The zero-order chi connectivity index (χ0) is 16.2. The molecular formula is C19H23NO3. The molecule has 0 radical (unpaired) electrons. The third kappa shape index (κ3) is 3.79. The van der Waals surface area contributed by atoms with Crippen LogP contribution in [0.3, 0.4) is 0 Å².